The molecule has 7 nitrogen and oxygen atoms in total. The number of nitrogens with one attached hydrogen (secondary N) is 1. The molecule has 0 aliphatic heterocycles. The minimum atomic E-state index is -3.61. The van der Waals surface area contributed by atoms with Crippen LogP contribution in [0.5, 0.6) is 0 Å². The SMILES string of the molecule is Cn1nncc1S(=O)(=O)NCC(CO)CC1CCCC1. The van der Waals surface area contributed by atoms with Crippen LogP contribution in [0.3, 0.4) is 0 Å². The summed E-state index contributed by atoms with van der Waals surface area (Å²) in [5.74, 6) is 0.587. The van der Waals surface area contributed by atoms with Crippen molar-refractivity contribution in [1.29, 1.82) is 0 Å². The standard InChI is InChI=1S/C12H22N4O3S/c1-16-12(8-13-15-16)20(18,19)14-7-11(9-17)6-10-4-2-3-5-10/h8,10-11,14,17H,2-7,9H2,1H3. The second-order valence-corrected chi connectivity index (χ2v) is 7.20. The Morgan fingerprint density at radius 3 is 2.75 bits per heavy atom. The Morgan fingerprint density at radius 2 is 2.20 bits per heavy atom. The van der Waals surface area contributed by atoms with Crippen LogP contribution in [0.1, 0.15) is 32.1 Å². The molecule has 1 atom stereocenters. The maximum Gasteiger partial charge on any atom is 0.259 e. The molecule has 1 saturated carbocycles. The summed E-state index contributed by atoms with van der Waals surface area (Å²) >= 11 is 0. The van der Waals surface area contributed by atoms with Crippen LogP contribution in [0, 0.1) is 11.8 Å². The van der Waals surface area contributed by atoms with Crippen molar-refractivity contribution in [2.45, 2.75) is 37.1 Å². The van der Waals surface area contributed by atoms with Crippen LogP contribution >= 0.6 is 0 Å². The van der Waals surface area contributed by atoms with E-state index < -0.39 is 10.0 Å². The smallest absolute Gasteiger partial charge is 0.259 e. The Labute approximate surface area is 119 Å². The first-order valence-corrected chi connectivity index (χ1v) is 8.46. The summed E-state index contributed by atoms with van der Waals surface area (Å²) in [5, 5.41) is 16.6. The summed E-state index contributed by atoms with van der Waals surface area (Å²) in [6.45, 7) is 0.253. The number of hydrogen-bond donors (Lipinski definition) is 2. The van der Waals surface area contributed by atoms with Crippen molar-refractivity contribution >= 4 is 10.0 Å². The average Bonchev–Trinajstić information content (AvgIpc) is 3.05. The third-order valence-corrected chi connectivity index (χ3v) is 5.38. The molecule has 8 heteroatoms. The van der Waals surface area contributed by atoms with Crippen molar-refractivity contribution in [2.75, 3.05) is 13.2 Å². The molecular formula is C12H22N4O3S. The lowest BCUT2D eigenvalue weighted by Gasteiger charge is -2.18. The fourth-order valence-corrected chi connectivity index (χ4v) is 3.94. The number of aliphatic hydroxyl groups excluding tert-OH is 1. The second-order valence-electron chi connectivity index (χ2n) is 5.48. The zero-order valence-corrected chi connectivity index (χ0v) is 12.5. The molecule has 2 rings (SSSR count). The Balaban J connectivity index is 1.90. The van der Waals surface area contributed by atoms with Crippen LogP contribution in [0.2, 0.25) is 0 Å². The topological polar surface area (TPSA) is 97.1 Å². The van der Waals surface area contributed by atoms with Gasteiger partial charge in [0.2, 0.25) is 0 Å². The van der Waals surface area contributed by atoms with E-state index >= 15 is 0 Å². The molecule has 0 aromatic carbocycles. The van der Waals surface area contributed by atoms with Gasteiger partial charge in [-0.05, 0) is 18.3 Å². The zero-order valence-electron chi connectivity index (χ0n) is 11.7. The number of hydrogen-bond acceptors (Lipinski definition) is 5. The summed E-state index contributed by atoms with van der Waals surface area (Å²) in [6, 6.07) is 0. The van der Waals surface area contributed by atoms with Crippen molar-refractivity contribution in [2.24, 2.45) is 18.9 Å². The van der Waals surface area contributed by atoms with Crippen LogP contribution in [-0.2, 0) is 17.1 Å². The lowest BCUT2D eigenvalue weighted by atomic mass is 9.94. The van der Waals surface area contributed by atoms with Crippen LogP contribution in [0.25, 0.3) is 0 Å². The number of aliphatic hydroxyl groups is 1. The largest absolute Gasteiger partial charge is 0.396 e. The van der Waals surface area contributed by atoms with Crippen molar-refractivity contribution in [3.05, 3.63) is 6.20 Å². The molecule has 1 fully saturated rings. The number of aromatic nitrogens is 3. The summed E-state index contributed by atoms with van der Waals surface area (Å²) in [6.07, 6.45) is 6.96. The lowest BCUT2D eigenvalue weighted by molar-refractivity contribution is 0.202. The monoisotopic (exact) mass is 302 g/mol. The first-order chi connectivity index (χ1) is 9.53. The molecule has 1 heterocycles. The number of rotatable bonds is 7. The van der Waals surface area contributed by atoms with Crippen LogP contribution in [0.15, 0.2) is 11.2 Å². The normalized spacial score (nSPS) is 18.5. The maximum atomic E-state index is 12.1. The van der Waals surface area contributed by atoms with Gasteiger partial charge in [-0.2, -0.15) is 0 Å². The van der Waals surface area contributed by atoms with E-state index in [2.05, 4.69) is 15.0 Å². The van der Waals surface area contributed by atoms with E-state index in [4.69, 9.17) is 0 Å². The predicted molar refractivity (Wildman–Crippen MR) is 73.3 cm³/mol. The minimum Gasteiger partial charge on any atom is -0.396 e. The van der Waals surface area contributed by atoms with Crippen LogP contribution in [0.4, 0.5) is 0 Å². The van der Waals surface area contributed by atoms with Crippen molar-refractivity contribution < 1.29 is 13.5 Å². The molecule has 0 amide bonds. The molecule has 0 bridgehead atoms. The first kappa shape index (κ1) is 15.4. The summed E-state index contributed by atoms with van der Waals surface area (Å²) in [4.78, 5) is 0. The molecule has 0 saturated heterocycles. The first-order valence-electron chi connectivity index (χ1n) is 6.98. The number of nitrogens with zero attached hydrogens (tertiary/aromatic N) is 3. The van der Waals surface area contributed by atoms with E-state index in [9.17, 15) is 13.5 Å². The Bertz CT molecular complexity index is 523. The number of aryl methyl sites for hydroxylation is 1. The van der Waals surface area contributed by atoms with E-state index in [0.29, 0.717) is 5.92 Å². The summed E-state index contributed by atoms with van der Waals surface area (Å²) in [7, 11) is -2.08. The highest BCUT2D eigenvalue weighted by atomic mass is 32.2. The van der Waals surface area contributed by atoms with Gasteiger partial charge in [0.15, 0.2) is 5.03 Å². The van der Waals surface area contributed by atoms with Gasteiger partial charge in [-0.15, -0.1) is 5.10 Å². The summed E-state index contributed by atoms with van der Waals surface area (Å²) in [5.41, 5.74) is 0. The van der Waals surface area contributed by atoms with E-state index in [1.54, 1.807) is 0 Å². The van der Waals surface area contributed by atoms with E-state index in [-0.39, 0.29) is 24.1 Å². The molecule has 114 valence electrons. The van der Waals surface area contributed by atoms with Crippen LogP contribution in [-0.4, -0.2) is 41.7 Å². The van der Waals surface area contributed by atoms with Gasteiger partial charge >= 0.3 is 0 Å². The highest BCUT2D eigenvalue weighted by Gasteiger charge is 2.23. The third kappa shape index (κ3) is 3.77. The van der Waals surface area contributed by atoms with Gasteiger partial charge in [0.1, 0.15) is 0 Å². The molecule has 0 radical (unpaired) electrons. The molecule has 1 unspecified atom stereocenters. The molecule has 2 N–H and O–H groups in total. The second kappa shape index (κ2) is 6.64. The quantitative estimate of drug-likeness (QED) is 0.754. The molecule has 0 spiro atoms. The Morgan fingerprint density at radius 1 is 1.50 bits per heavy atom. The van der Waals surface area contributed by atoms with Gasteiger partial charge in [-0.1, -0.05) is 30.9 Å². The van der Waals surface area contributed by atoms with Gasteiger partial charge in [-0.3, -0.25) is 0 Å². The number of sulfonamides is 1. The molecule has 1 aliphatic carbocycles. The molecule has 1 aromatic rings. The van der Waals surface area contributed by atoms with Crippen molar-refractivity contribution in [3.63, 3.8) is 0 Å². The fraction of sp³-hybridized carbons (Fsp3) is 0.833. The van der Waals surface area contributed by atoms with Gasteiger partial charge in [0.05, 0.1) is 6.20 Å². The molecular weight excluding hydrogens is 280 g/mol. The van der Waals surface area contributed by atoms with Crippen LogP contribution < -0.4 is 4.72 Å². The Hall–Kier alpha value is -0.990. The predicted octanol–water partition coefficient (Wildman–Crippen LogP) is 0.282. The molecule has 1 aromatic heterocycles. The summed E-state index contributed by atoms with van der Waals surface area (Å²) < 4.78 is 27.9. The zero-order chi connectivity index (χ0) is 14.6. The fourth-order valence-electron chi connectivity index (χ4n) is 2.77. The van der Waals surface area contributed by atoms with E-state index in [1.165, 1.54) is 43.6 Å². The third-order valence-electron chi connectivity index (χ3n) is 3.91. The minimum absolute atomic E-state index is 0.00264. The van der Waals surface area contributed by atoms with Gasteiger partial charge in [-0.25, -0.2) is 17.8 Å². The van der Waals surface area contributed by atoms with Crippen molar-refractivity contribution in [1.82, 2.24) is 19.7 Å². The van der Waals surface area contributed by atoms with Gasteiger partial charge < -0.3 is 5.11 Å². The van der Waals surface area contributed by atoms with E-state index in [1.807, 2.05) is 0 Å². The van der Waals surface area contributed by atoms with E-state index in [0.717, 1.165) is 6.42 Å². The Kier molecular flexibility index (Phi) is 5.11. The molecule has 20 heavy (non-hydrogen) atoms. The highest BCUT2D eigenvalue weighted by Crippen LogP contribution is 2.30. The van der Waals surface area contributed by atoms with Gasteiger partial charge in [0.25, 0.3) is 10.0 Å². The molecule has 1 aliphatic rings. The van der Waals surface area contributed by atoms with Crippen molar-refractivity contribution in [3.8, 4) is 0 Å². The average molecular weight is 302 g/mol. The highest BCUT2D eigenvalue weighted by molar-refractivity contribution is 7.89. The lowest BCUT2D eigenvalue weighted by Crippen LogP contribution is -2.32. The van der Waals surface area contributed by atoms with Gasteiger partial charge in [0, 0.05) is 20.2 Å². The maximum absolute atomic E-state index is 12.1.